The van der Waals surface area contributed by atoms with E-state index in [1.165, 1.54) is 32.1 Å². The molecule has 2 nitrogen and oxygen atoms in total. The molecule has 2 fully saturated rings. The van der Waals surface area contributed by atoms with E-state index in [1.807, 2.05) is 0 Å². The molecule has 2 saturated carbocycles. The molecule has 0 aromatic heterocycles. The van der Waals surface area contributed by atoms with Crippen LogP contribution in [0.3, 0.4) is 0 Å². The highest BCUT2D eigenvalue weighted by Gasteiger charge is 2.54. The summed E-state index contributed by atoms with van der Waals surface area (Å²) < 4.78 is 0. The van der Waals surface area contributed by atoms with Crippen LogP contribution >= 0.6 is 0 Å². The summed E-state index contributed by atoms with van der Waals surface area (Å²) in [6, 6.07) is 0. The Morgan fingerprint density at radius 1 is 1.00 bits per heavy atom. The van der Waals surface area contributed by atoms with Crippen LogP contribution in [0.4, 0.5) is 0 Å². The topological polar surface area (TPSA) is 40.5 Å². The monoisotopic (exact) mass is 276 g/mol. The van der Waals surface area contributed by atoms with Gasteiger partial charge < -0.3 is 10.2 Å². The third-order valence-electron chi connectivity index (χ3n) is 7.30. The van der Waals surface area contributed by atoms with Gasteiger partial charge in [-0.3, -0.25) is 0 Å². The normalized spacial score (nSPS) is 51.5. The van der Waals surface area contributed by atoms with Crippen molar-refractivity contribution in [3.8, 4) is 0 Å². The van der Waals surface area contributed by atoms with E-state index in [9.17, 15) is 10.2 Å². The van der Waals surface area contributed by atoms with Gasteiger partial charge in [0.1, 0.15) is 0 Å². The van der Waals surface area contributed by atoms with Gasteiger partial charge in [0.15, 0.2) is 0 Å². The average molecular weight is 276 g/mol. The van der Waals surface area contributed by atoms with E-state index in [2.05, 4.69) is 6.92 Å². The van der Waals surface area contributed by atoms with Gasteiger partial charge in [-0.05, 0) is 81.0 Å². The van der Waals surface area contributed by atoms with Crippen molar-refractivity contribution < 1.29 is 10.2 Å². The number of fused-ring (bicyclic) bond motifs is 4. The summed E-state index contributed by atoms with van der Waals surface area (Å²) >= 11 is 0. The highest BCUT2D eigenvalue weighted by atomic mass is 16.3. The fraction of sp³-hybridized carbons (Fsp3) is 0.889. The lowest BCUT2D eigenvalue weighted by Gasteiger charge is -2.51. The van der Waals surface area contributed by atoms with Crippen molar-refractivity contribution in [1.29, 1.82) is 0 Å². The summed E-state index contributed by atoms with van der Waals surface area (Å²) in [4.78, 5) is 0. The van der Waals surface area contributed by atoms with Crippen molar-refractivity contribution in [1.82, 2.24) is 0 Å². The van der Waals surface area contributed by atoms with Crippen LogP contribution in [0.15, 0.2) is 11.1 Å². The van der Waals surface area contributed by atoms with Gasteiger partial charge in [-0.15, -0.1) is 0 Å². The molecule has 0 heterocycles. The Labute approximate surface area is 122 Å². The zero-order chi connectivity index (χ0) is 13.9. The van der Waals surface area contributed by atoms with E-state index in [4.69, 9.17) is 0 Å². The van der Waals surface area contributed by atoms with Gasteiger partial charge in [0, 0.05) is 0 Å². The van der Waals surface area contributed by atoms with Gasteiger partial charge in [0.2, 0.25) is 0 Å². The smallest absolute Gasteiger partial charge is 0.0596 e. The lowest BCUT2D eigenvalue weighted by atomic mass is 9.54. The SMILES string of the molecule is C[C@]12CC[C@@H]3C4=C(CC[C@H]3[C@@H]1CCC2O)CC(O)CC4. The number of allylic oxidation sites excluding steroid dienone is 1. The summed E-state index contributed by atoms with van der Waals surface area (Å²) in [7, 11) is 0. The Balaban J connectivity index is 1.64. The summed E-state index contributed by atoms with van der Waals surface area (Å²) in [6.45, 7) is 2.35. The maximum atomic E-state index is 10.4. The van der Waals surface area contributed by atoms with Crippen LogP contribution in [-0.4, -0.2) is 22.4 Å². The quantitative estimate of drug-likeness (QED) is 0.666. The van der Waals surface area contributed by atoms with Crippen molar-refractivity contribution >= 4 is 0 Å². The van der Waals surface area contributed by atoms with E-state index in [0.717, 1.165) is 43.4 Å². The molecule has 0 aliphatic heterocycles. The van der Waals surface area contributed by atoms with Crippen LogP contribution in [0.2, 0.25) is 0 Å². The standard InChI is InChI=1S/C18H28O2/c1-18-9-8-14-13-5-3-12(19)10-11(13)2-4-15(14)16(18)6-7-17(18)20/h12,14-17,19-20H,2-10H2,1H3/t12?,14-,15-,16+,17?,18+/m1/s1. The molecule has 2 heteroatoms. The number of hydrogen-bond acceptors (Lipinski definition) is 2. The Hall–Kier alpha value is -0.340. The Kier molecular flexibility index (Phi) is 3.05. The maximum absolute atomic E-state index is 10.4. The predicted molar refractivity (Wildman–Crippen MR) is 79.2 cm³/mol. The van der Waals surface area contributed by atoms with Crippen LogP contribution in [0.5, 0.6) is 0 Å². The van der Waals surface area contributed by atoms with Crippen molar-refractivity contribution in [2.75, 3.05) is 0 Å². The second-order valence-electron chi connectivity index (χ2n) is 8.08. The van der Waals surface area contributed by atoms with Gasteiger partial charge in [0.25, 0.3) is 0 Å². The molecule has 0 radical (unpaired) electrons. The van der Waals surface area contributed by atoms with Crippen molar-refractivity contribution in [2.45, 2.75) is 76.9 Å². The summed E-state index contributed by atoms with van der Waals surface area (Å²) in [5, 5.41) is 20.3. The van der Waals surface area contributed by atoms with Crippen molar-refractivity contribution in [2.24, 2.45) is 23.2 Å². The third-order valence-corrected chi connectivity index (χ3v) is 7.30. The largest absolute Gasteiger partial charge is 0.393 e. The van der Waals surface area contributed by atoms with Gasteiger partial charge >= 0.3 is 0 Å². The Morgan fingerprint density at radius 3 is 2.70 bits per heavy atom. The first-order valence-corrected chi connectivity index (χ1v) is 8.66. The molecule has 0 amide bonds. The minimum Gasteiger partial charge on any atom is -0.393 e. The molecule has 4 aliphatic carbocycles. The molecule has 4 rings (SSSR count). The summed E-state index contributed by atoms with van der Waals surface area (Å²) in [5.74, 6) is 2.35. The van der Waals surface area contributed by atoms with E-state index in [0.29, 0.717) is 0 Å². The van der Waals surface area contributed by atoms with E-state index in [-0.39, 0.29) is 17.6 Å². The van der Waals surface area contributed by atoms with E-state index >= 15 is 0 Å². The molecule has 0 aromatic rings. The highest BCUT2D eigenvalue weighted by molar-refractivity contribution is 5.27. The first-order chi connectivity index (χ1) is 9.59. The van der Waals surface area contributed by atoms with Gasteiger partial charge in [-0.25, -0.2) is 0 Å². The van der Waals surface area contributed by atoms with Crippen LogP contribution < -0.4 is 0 Å². The fourth-order valence-corrected chi connectivity index (χ4v) is 6.16. The molecule has 0 aromatic carbocycles. The van der Waals surface area contributed by atoms with Crippen LogP contribution in [0.25, 0.3) is 0 Å². The van der Waals surface area contributed by atoms with Crippen LogP contribution in [0, 0.1) is 23.2 Å². The second-order valence-corrected chi connectivity index (χ2v) is 8.08. The molecule has 0 spiro atoms. The molecular formula is C18H28O2. The van der Waals surface area contributed by atoms with E-state index < -0.39 is 0 Å². The minimum atomic E-state index is -0.0764. The number of aliphatic hydroxyl groups is 2. The molecule has 6 atom stereocenters. The van der Waals surface area contributed by atoms with Crippen LogP contribution in [-0.2, 0) is 0 Å². The summed E-state index contributed by atoms with van der Waals surface area (Å²) in [6.07, 6.45) is 10.2. The van der Waals surface area contributed by atoms with Crippen molar-refractivity contribution in [3.63, 3.8) is 0 Å². The highest BCUT2D eigenvalue weighted by Crippen LogP contribution is 2.61. The predicted octanol–water partition coefficient (Wildman–Crippen LogP) is 3.43. The maximum Gasteiger partial charge on any atom is 0.0596 e. The zero-order valence-electron chi connectivity index (χ0n) is 12.6. The fourth-order valence-electron chi connectivity index (χ4n) is 6.16. The molecule has 4 aliphatic rings. The molecule has 2 unspecified atom stereocenters. The lowest BCUT2D eigenvalue weighted by Crippen LogP contribution is -2.45. The average Bonchev–Trinajstić information content (AvgIpc) is 2.74. The molecule has 112 valence electrons. The number of aliphatic hydroxyl groups excluding tert-OH is 2. The minimum absolute atomic E-state index is 0.0583. The van der Waals surface area contributed by atoms with Gasteiger partial charge in [0.05, 0.1) is 12.2 Å². The molecule has 2 N–H and O–H groups in total. The zero-order valence-corrected chi connectivity index (χ0v) is 12.6. The summed E-state index contributed by atoms with van der Waals surface area (Å²) in [5.41, 5.74) is 3.54. The number of rotatable bonds is 0. The molecule has 0 bridgehead atoms. The number of hydrogen-bond donors (Lipinski definition) is 2. The van der Waals surface area contributed by atoms with Gasteiger partial charge in [-0.1, -0.05) is 18.1 Å². The Bertz CT molecular complexity index is 441. The molecule has 20 heavy (non-hydrogen) atoms. The lowest BCUT2D eigenvalue weighted by molar-refractivity contribution is -0.0326. The first-order valence-electron chi connectivity index (χ1n) is 8.66. The molecular weight excluding hydrogens is 248 g/mol. The van der Waals surface area contributed by atoms with Crippen LogP contribution in [0.1, 0.15) is 64.7 Å². The first kappa shape index (κ1) is 13.3. The second kappa shape index (κ2) is 4.58. The third kappa shape index (κ3) is 1.77. The Morgan fingerprint density at radius 2 is 1.85 bits per heavy atom. The van der Waals surface area contributed by atoms with Crippen molar-refractivity contribution in [3.05, 3.63) is 11.1 Å². The molecule has 0 saturated heterocycles. The van der Waals surface area contributed by atoms with Gasteiger partial charge in [-0.2, -0.15) is 0 Å². The van der Waals surface area contributed by atoms with E-state index in [1.54, 1.807) is 11.1 Å².